The van der Waals surface area contributed by atoms with Crippen molar-refractivity contribution < 1.29 is 24.2 Å². The van der Waals surface area contributed by atoms with Gasteiger partial charge in [-0.3, -0.25) is 4.79 Å². The number of hydrogen-bond donors (Lipinski definition) is 2. The first-order chi connectivity index (χ1) is 16.5. The van der Waals surface area contributed by atoms with Crippen LogP contribution in [-0.2, 0) is 16.1 Å². The Bertz CT molecular complexity index is 1230. The SMILES string of the molecule is O=C(Nc1cccc2ccccc12)C1CN(C(=O)OCc2ccccc2)C2CCN(C(=O)O)C12. The molecule has 0 aromatic heterocycles. The molecule has 3 atom stereocenters. The molecule has 2 aliphatic rings. The second kappa shape index (κ2) is 9.05. The molecule has 8 nitrogen and oxygen atoms in total. The van der Waals surface area contributed by atoms with Crippen LogP contribution in [0.2, 0.25) is 0 Å². The Morgan fingerprint density at radius 3 is 2.47 bits per heavy atom. The molecule has 3 amide bonds. The molecule has 3 aromatic rings. The highest BCUT2D eigenvalue weighted by Crippen LogP contribution is 2.37. The number of nitrogens with one attached hydrogen (secondary N) is 1. The number of carbonyl (C=O) groups excluding carboxylic acids is 2. The van der Waals surface area contributed by atoms with Gasteiger partial charge >= 0.3 is 12.2 Å². The van der Waals surface area contributed by atoms with E-state index < -0.39 is 30.2 Å². The van der Waals surface area contributed by atoms with Crippen molar-refractivity contribution in [3.8, 4) is 0 Å². The van der Waals surface area contributed by atoms with E-state index >= 15 is 0 Å². The topological polar surface area (TPSA) is 99.2 Å². The first kappa shape index (κ1) is 21.8. The molecule has 3 unspecified atom stereocenters. The van der Waals surface area contributed by atoms with Gasteiger partial charge in [-0.25, -0.2) is 9.59 Å². The smallest absolute Gasteiger partial charge is 0.410 e. The molecule has 0 bridgehead atoms. The number of anilines is 1. The molecular formula is C26H25N3O5. The Labute approximate surface area is 196 Å². The molecular weight excluding hydrogens is 434 g/mol. The second-order valence-corrected chi connectivity index (χ2v) is 8.64. The molecule has 3 aromatic carbocycles. The molecule has 2 fully saturated rings. The number of benzene rings is 3. The Morgan fingerprint density at radius 2 is 1.68 bits per heavy atom. The average molecular weight is 460 g/mol. The maximum absolute atomic E-state index is 13.4. The summed E-state index contributed by atoms with van der Waals surface area (Å²) in [5, 5.41) is 14.6. The number of carboxylic acid groups (broad SMARTS) is 1. The van der Waals surface area contributed by atoms with E-state index in [0.717, 1.165) is 16.3 Å². The van der Waals surface area contributed by atoms with E-state index in [-0.39, 0.29) is 25.6 Å². The summed E-state index contributed by atoms with van der Waals surface area (Å²) in [6.07, 6.45) is -1.16. The summed E-state index contributed by atoms with van der Waals surface area (Å²) in [7, 11) is 0. The van der Waals surface area contributed by atoms with Crippen molar-refractivity contribution in [3.05, 3.63) is 78.4 Å². The third kappa shape index (κ3) is 4.03. The molecule has 8 heteroatoms. The molecule has 2 N–H and O–H groups in total. The fourth-order valence-electron chi connectivity index (χ4n) is 5.11. The van der Waals surface area contributed by atoms with Crippen LogP contribution in [0.25, 0.3) is 10.8 Å². The normalized spacial score (nSPS) is 21.4. The van der Waals surface area contributed by atoms with Gasteiger partial charge in [-0.05, 0) is 23.4 Å². The van der Waals surface area contributed by atoms with Gasteiger partial charge in [-0.2, -0.15) is 0 Å². The van der Waals surface area contributed by atoms with Crippen molar-refractivity contribution in [3.63, 3.8) is 0 Å². The standard InChI is InChI=1S/C26H25N3O5/c30-24(27-21-12-6-10-18-9-4-5-11-19(18)21)20-15-29(22-13-14-28(23(20)22)25(31)32)26(33)34-16-17-7-2-1-3-8-17/h1-12,20,22-23H,13-16H2,(H,27,30)(H,31,32). The number of ether oxygens (including phenoxy) is 1. The van der Waals surface area contributed by atoms with Crippen LogP contribution in [0.3, 0.4) is 0 Å². The minimum atomic E-state index is -1.09. The first-order valence-electron chi connectivity index (χ1n) is 11.3. The summed E-state index contributed by atoms with van der Waals surface area (Å²) in [6, 6.07) is 21.7. The monoisotopic (exact) mass is 459 g/mol. The second-order valence-electron chi connectivity index (χ2n) is 8.64. The zero-order chi connectivity index (χ0) is 23.7. The molecule has 5 rings (SSSR count). The molecule has 0 radical (unpaired) electrons. The van der Waals surface area contributed by atoms with Crippen LogP contribution in [0.15, 0.2) is 72.8 Å². The highest BCUT2D eigenvalue weighted by molar-refractivity contribution is 6.03. The van der Waals surface area contributed by atoms with Gasteiger partial charge in [0.1, 0.15) is 6.61 Å². The lowest BCUT2D eigenvalue weighted by Gasteiger charge is -2.25. The average Bonchev–Trinajstić information content (AvgIpc) is 3.44. The van der Waals surface area contributed by atoms with E-state index in [1.807, 2.05) is 72.8 Å². The summed E-state index contributed by atoms with van der Waals surface area (Å²) >= 11 is 0. The summed E-state index contributed by atoms with van der Waals surface area (Å²) in [4.78, 5) is 41.0. The molecule has 174 valence electrons. The minimum absolute atomic E-state index is 0.101. The van der Waals surface area contributed by atoms with Gasteiger partial charge in [0.2, 0.25) is 5.91 Å². The van der Waals surface area contributed by atoms with Crippen LogP contribution >= 0.6 is 0 Å². The molecule has 2 saturated heterocycles. The van der Waals surface area contributed by atoms with E-state index in [4.69, 9.17) is 4.74 Å². The zero-order valence-electron chi connectivity index (χ0n) is 18.5. The molecule has 0 saturated carbocycles. The Kier molecular flexibility index (Phi) is 5.79. The Hall–Kier alpha value is -4.07. The maximum Gasteiger partial charge on any atom is 0.410 e. The highest BCUT2D eigenvalue weighted by atomic mass is 16.6. The molecule has 0 aliphatic carbocycles. The van der Waals surface area contributed by atoms with Crippen molar-refractivity contribution in [2.24, 2.45) is 5.92 Å². The summed E-state index contributed by atoms with van der Waals surface area (Å²) in [5.41, 5.74) is 1.51. The minimum Gasteiger partial charge on any atom is -0.465 e. The third-order valence-electron chi connectivity index (χ3n) is 6.70. The van der Waals surface area contributed by atoms with E-state index in [2.05, 4.69) is 5.32 Å². The van der Waals surface area contributed by atoms with E-state index in [0.29, 0.717) is 12.1 Å². The van der Waals surface area contributed by atoms with Gasteiger partial charge in [0.05, 0.1) is 18.0 Å². The lowest BCUT2D eigenvalue weighted by Crippen LogP contribution is -2.45. The van der Waals surface area contributed by atoms with Crippen LogP contribution in [0, 0.1) is 5.92 Å². The molecule has 0 spiro atoms. The van der Waals surface area contributed by atoms with E-state index in [9.17, 15) is 19.5 Å². The van der Waals surface area contributed by atoms with Gasteiger partial charge in [0, 0.05) is 24.2 Å². The Morgan fingerprint density at radius 1 is 0.941 bits per heavy atom. The van der Waals surface area contributed by atoms with Crippen molar-refractivity contribution in [2.45, 2.75) is 25.1 Å². The number of fused-ring (bicyclic) bond motifs is 2. The number of nitrogens with zero attached hydrogens (tertiary/aromatic N) is 2. The van der Waals surface area contributed by atoms with Gasteiger partial charge in [-0.15, -0.1) is 0 Å². The lowest BCUT2D eigenvalue weighted by atomic mass is 9.98. The number of rotatable bonds is 4. The van der Waals surface area contributed by atoms with Crippen molar-refractivity contribution >= 4 is 34.6 Å². The van der Waals surface area contributed by atoms with E-state index in [1.54, 1.807) is 0 Å². The van der Waals surface area contributed by atoms with Gasteiger partial charge in [-0.1, -0.05) is 66.7 Å². The number of amides is 3. The highest BCUT2D eigenvalue weighted by Gasteiger charge is 2.54. The van der Waals surface area contributed by atoms with Crippen molar-refractivity contribution in [2.75, 3.05) is 18.4 Å². The fourth-order valence-corrected chi connectivity index (χ4v) is 5.11. The number of likely N-dealkylation sites (tertiary alicyclic amines) is 2. The lowest BCUT2D eigenvalue weighted by molar-refractivity contribution is -0.120. The van der Waals surface area contributed by atoms with Gasteiger partial charge in [0.25, 0.3) is 0 Å². The van der Waals surface area contributed by atoms with E-state index in [1.165, 1.54) is 9.80 Å². The first-order valence-corrected chi connectivity index (χ1v) is 11.3. The number of hydrogen-bond acceptors (Lipinski definition) is 4. The predicted molar refractivity (Wildman–Crippen MR) is 126 cm³/mol. The van der Waals surface area contributed by atoms with Gasteiger partial charge in [0.15, 0.2) is 0 Å². The number of carbonyl (C=O) groups is 3. The van der Waals surface area contributed by atoms with Crippen molar-refractivity contribution in [1.82, 2.24) is 9.80 Å². The summed E-state index contributed by atoms with van der Waals surface area (Å²) < 4.78 is 5.51. The van der Waals surface area contributed by atoms with Crippen LogP contribution in [0.1, 0.15) is 12.0 Å². The quantitative estimate of drug-likeness (QED) is 0.610. The molecule has 2 heterocycles. The van der Waals surface area contributed by atoms with Crippen LogP contribution in [0.4, 0.5) is 15.3 Å². The summed E-state index contributed by atoms with van der Waals surface area (Å²) in [6.45, 7) is 0.484. The van der Waals surface area contributed by atoms with Crippen molar-refractivity contribution in [1.29, 1.82) is 0 Å². The predicted octanol–water partition coefficient (Wildman–Crippen LogP) is 4.17. The van der Waals surface area contributed by atoms with Crippen LogP contribution in [0.5, 0.6) is 0 Å². The largest absolute Gasteiger partial charge is 0.465 e. The third-order valence-corrected chi connectivity index (χ3v) is 6.70. The summed E-state index contributed by atoms with van der Waals surface area (Å²) in [5.74, 6) is -1.01. The fraction of sp³-hybridized carbons (Fsp3) is 0.269. The molecule has 34 heavy (non-hydrogen) atoms. The Balaban J connectivity index is 1.36. The maximum atomic E-state index is 13.4. The van der Waals surface area contributed by atoms with Crippen LogP contribution < -0.4 is 5.32 Å². The molecule has 2 aliphatic heterocycles. The van der Waals surface area contributed by atoms with Gasteiger partial charge < -0.3 is 25.0 Å². The zero-order valence-corrected chi connectivity index (χ0v) is 18.5. The van der Waals surface area contributed by atoms with Crippen LogP contribution in [-0.4, -0.2) is 58.2 Å².